The molecule has 0 aliphatic rings. The van der Waals surface area contributed by atoms with Gasteiger partial charge in [0.1, 0.15) is 30.0 Å². The normalized spacial score (nSPS) is 13.3. The van der Waals surface area contributed by atoms with Gasteiger partial charge >= 0.3 is 12.1 Å². The molecule has 10 nitrogen and oxygen atoms in total. The Morgan fingerprint density at radius 3 is 2.17 bits per heavy atom. The number of phenolic OH excluding ortho intramolecular Hbond substituents is 1. The summed E-state index contributed by atoms with van der Waals surface area (Å²) in [5.41, 5.74) is -0.793. The van der Waals surface area contributed by atoms with Crippen LogP contribution in [0.25, 0.3) is 0 Å². The first-order valence-corrected chi connectivity index (χ1v) is 11.7. The fraction of sp³-hybridized carbons (Fsp3) is 0.583. The second-order valence-electron chi connectivity index (χ2n) is 10.0. The summed E-state index contributed by atoms with van der Waals surface area (Å²) in [6.07, 6.45) is -0.800. The first-order chi connectivity index (χ1) is 16.0. The van der Waals surface area contributed by atoms with Crippen molar-refractivity contribution in [2.45, 2.75) is 71.7 Å². The molecule has 2 unspecified atom stereocenters. The Balaban J connectivity index is 3.50. The number of hydrogen-bond donors (Lipinski definition) is 4. The Labute approximate surface area is 212 Å². The first kappa shape index (κ1) is 30.1. The minimum Gasteiger partial charge on any atom is -0.508 e. The van der Waals surface area contributed by atoms with Crippen LogP contribution in [0.4, 0.5) is 4.79 Å². The fourth-order valence-corrected chi connectivity index (χ4v) is 3.49. The third-order valence-corrected chi connectivity index (χ3v) is 5.17. The monoisotopic (exact) mass is 511 g/mol. The number of esters is 1. The van der Waals surface area contributed by atoms with Crippen molar-refractivity contribution in [2.24, 2.45) is 0 Å². The van der Waals surface area contributed by atoms with E-state index in [0.717, 1.165) is 0 Å². The van der Waals surface area contributed by atoms with Gasteiger partial charge in [0.2, 0.25) is 11.8 Å². The number of alkyl carbamates (subject to hydrolysis) is 1. The van der Waals surface area contributed by atoms with E-state index in [2.05, 4.69) is 28.0 Å². The smallest absolute Gasteiger partial charge is 0.408 e. The highest BCUT2D eigenvalue weighted by atomic mass is 32.1. The molecule has 11 heteroatoms. The largest absolute Gasteiger partial charge is 0.508 e. The molecule has 35 heavy (non-hydrogen) atoms. The molecule has 0 bridgehead atoms. The van der Waals surface area contributed by atoms with Crippen LogP contribution in [0.15, 0.2) is 18.2 Å². The van der Waals surface area contributed by atoms with Crippen molar-refractivity contribution in [3.05, 3.63) is 29.3 Å². The van der Waals surface area contributed by atoms with Crippen molar-refractivity contribution in [1.82, 2.24) is 15.5 Å². The number of carbonyl (C=O) groups excluding carboxylic acids is 4. The first-order valence-electron chi connectivity index (χ1n) is 11.1. The van der Waals surface area contributed by atoms with Crippen molar-refractivity contribution >= 4 is 36.5 Å². The number of amides is 3. The molecule has 0 heterocycles. The Kier molecular flexibility index (Phi) is 10.4. The van der Waals surface area contributed by atoms with Crippen LogP contribution >= 0.6 is 12.6 Å². The SMILES string of the molecule is COC(=O)CNC(=O)C(c1ccc(O)c(C)c1)N(C(=O)C(CS)NC(=O)OC(C)(C)C)C(C)(C)C. The summed E-state index contributed by atoms with van der Waals surface area (Å²) in [4.78, 5) is 52.5. The maximum absolute atomic E-state index is 13.8. The molecule has 196 valence electrons. The lowest BCUT2D eigenvalue weighted by Crippen LogP contribution is -2.59. The minimum absolute atomic E-state index is 0.0240. The summed E-state index contributed by atoms with van der Waals surface area (Å²) >= 11 is 4.24. The standard InChI is InChI=1S/C24H37N3O7S/c1-14-11-15(9-10-17(14)28)19(20(30)25-12-18(29)33-8)27(23(2,3)4)21(31)16(13-35)26-22(32)34-24(5,6)7/h9-11,16,19,28,35H,12-13H2,1-8H3,(H,25,30)(H,26,32). The van der Waals surface area contributed by atoms with Crippen molar-refractivity contribution in [2.75, 3.05) is 19.4 Å². The maximum atomic E-state index is 13.8. The van der Waals surface area contributed by atoms with E-state index < -0.39 is 53.6 Å². The Morgan fingerprint density at radius 1 is 1.11 bits per heavy atom. The van der Waals surface area contributed by atoms with Gasteiger partial charge in [-0.3, -0.25) is 14.4 Å². The fourth-order valence-electron chi connectivity index (χ4n) is 3.24. The van der Waals surface area contributed by atoms with Gasteiger partial charge in [0.15, 0.2) is 0 Å². The molecule has 0 spiro atoms. The van der Waals surface area contributed by atoms with Gasteiger partial charge in [-0.25, -0.2) is 4.79 Å². The number of methoxy groups -OCH3 is 1. The van der Waals surface area contributed by atoms with Crippen LogP contribution in [-0.4, -0.2) is 70.5 Å². The van der Waals surface area contributed by atoms with Crippen LogP contribution in [0, 0.1) is 6.92 Å². The van der Waals surface area contributed by atoms with E-state index in [1.807, 2.05) is 0 Å². The Morgan fingerprint density at radius 2 is 1.71 bits per heavy atom. The average Bonchev–Trinajstić information content (AvgIpc) is 2.73. The predicted molar refractivity (Wildman–Crippen MR) is 134 cm³/mol. The lowest BCUT2D eigenvalue weighted by molar-refractivity contribution is -0.149. The van der Waals surface area contributed by atoms with E-state index in [9.17, 15) is 24.3 Å². The summed E-state index contributed by atoms with van der Waals surface area (Å²) in [6.45, 7) is 11.6. The molecule has 1 aromatic rings. The molecule has 2 atom stereocenters. The van der Waals surface area contributed by atoms with E-state index >= 15 is 0 Å². The summed E-state index contributed by atoms with van der Waals surface area (Å²) in [6, 6.07) is 2.22. The van der Waals surface area contributed by atoms with E-state index in [1.54, 1.807) is 54.5 Å². The average molecular weight is 512 g/mol. The number of benzene rings is 1. The van der Waals surface area contributed by atoms with E-state index in [4.69, 9.17) is 4.74 Å². The number of ether oxygens (including phenoxy) is 2. The molecular weight excluding hydrogens is 474 g/mol. The third kappa shape index (κ3) is 8.97. The molecule has 0 radical (unpaired) electrons. The number of aryl methyl sites for hydroxylation is 1. The number of hydrogen-bond acceptors (Lipinski definition) is 8. The van der Waals surface area contributed by atoms with Gasteiger partial charge in [0.05, 0.1) is 7.11 Å². The minimum atomic E-state index is -1.20. The highest BCUT2D eigenvalue weighted by Gasteiger charge is 2.41. The molecule has 3 N–H and O–H groups in total. The van der Waals surface area contributed by atoms with Crippen molar-refractivity contribution in [1.29, 1.82) is 0 Å². The number of nitrogens with one attached hydrogen (secondary N) is 2. The summed E-state index contributed by atoms with van der Waals surface area (Å²) in [7, 11) is 1.19. The van der Waals surface area contributed by atoms with Gasteiger partial charge in [-0.2, -0.15) is 12.6 Å². The highest BCUT2D eigenvalue weighted by Crippen LogP contribution is 2.32. The molecular formula is C24H37N3O7S. The van der Waals surface area contributed by atoms with Crippen molar-refractivity contribution in [3.8, 4) is 5.75 Å². The zero-order chi connectivity index (χ0) is 27.1. The summed E-state index contributed by atoms with van der Waals surface area (Å²) in [5.74, 6) is -1.92. The molecule has 0 saturated heterocycles. The second-order valence-corrected chi connectivity index (χ2v) is 10.4. The second kappa shape index (κ2) is 12.1. The lowest BCUT2D eigenvalue weighted by Gasteiger charge is -2.43. The van der Waals surface area contributed by atoms with Crippen LogP contribution in [0.3, 0.4) is 0 Å². The molecule has 0 fully saturated rings. The van der Waals surface area contributed by atoms with E-state index in [1.165, 1.54) is 24.1 Å². The van der Waals surface area contributed by atoms with Gasteiger partial charge in [0.25, 0.3) is 0 Å². The van der Waals surface area contributed by atoms with Crippen LogP contribution in [-0.2, 0) is 23.9 Å². The molecule has 0 aliphatic heterocycles. The zero-order valence-electron chi connectivity index (χ0n) is 21.6. The number of thiol groups is 1. The van der Waals surface area contributed by atoms with E-state index in [0.29, 0.717) is 11.1 Å². The van der Waals surface area contributed by atoms with Gasteiger partial charge in [-0.05, 0) is 71.7 Å². The molecule has 0 aliphatic carbocycles. The van der Waals surface area contributed by atoms with Gasteiger partial charge in [-0.15, -0.1) is 0 Å². The molecule has 3 amide bonds. The third-order valence-electron chi connectivity index (χ3n) is 4.81. The number of phenols is 1. The molecule has 0 aromatic heterocycles. The van der Waals surface area contributed by atoms with Crippen LogP contribution in [0.2, 0.25) is 0 Å². The number of aromatic hydroxyl groups is 1. The maximum Gasteiger partial charge on any atom is 0.408 e. The number of nitrogens with zero attached hydrogens (tertiary/aromatic N) is 1. The summed E-state index contributed by atoms with van der Waals surface area (Å²) in [5, 5.41) is 15.0. The summed E-state index contributed by atoms with van der Waals surface area (Å²) < 4.78 is 9.87. The zero-order valence-corrected chi connectivity index (χ0v) is 22.5. The van der Waals surface area contributed by atoms with Crippen molar-refractivity contribution < 1.29 is 33.8 Å². The number of carbonyl (C=O) groups is 4. The lowest BCUT2D eigenvalue weighted by atomic mass is 9.94. The highest BCUT2D eigenvalue weighted by molar-refractivity contribution is 7.80. The Bertz CT molecular complexity index is 938. The van der Waals surface area contributed by atoms with Gasteiger partial charge in [0, 0.05) is 11.3 Å². The van der Waals surface area contributed by atoms with Crippen LogP contribution in [0.1, 0.15) is 58.7 Å². The van der Waals surface area contributed by atoms with E-state index in [-0.39, 0.29) is 11.5 Å². The molecule has 1 aromatic carbocycles. The molecule has 0 saturated carbocycles. The van der Waals surface area contributed by atoms with Gasteiger partial charge < -0.3 is 30.1 Å². The van der Waals surface area contributed by atoms with Crippen LogP contribution < -0.4 is 10.6 Å². The molecule has 1 rings (SSSR count). The van der Waals surface area contributed by atoms with Crippen molar-refractivity contribution in [3.63, 3.8) is 0 Å². The quantitative estimate of drug-likeness (QED) is 0.311. The predicted octanol–water partition coefficient (Wildman–Crippen LogP) is 2.48. The Hall–Kier alpha value is -2.95. The topological polar surface area (TPSA) is 134 Å². The number of rotatable bonds is 8. The van der Waals surface area contributed by atoms with Crippen LogP contribution in [0.5, 0.6) is 5.75 Å². The van der Waals surface area contributed by atoms with Gasteiger partial charge in [-0.1, -0.05) is 6.07 Å².